The Morgan fingerprint density at radius 2 is 2.15 bits per heavy atom. The van der Waals surface area contributed by atoms with Gasteiger partial charge < -0.3 is 19.5 Å². The van der Waals surface area contributed by atoms with E-state index in [4.69, 9.17) is 9.26 Å². The van der Waals surface area contributed by atoms with Gasteiger partial charge in [0.1, 0.15) is 24.2 Å². The normalized spacial score (nSPS) is 16.9. The van der Waals surface area contributed by atoms with Gasteiger partial charge >= 0.3 is 0 Å². The van der Waals surface area contributed by atoms with Crippen LogP contribution >= 0.6 is 0 Å². The molecule has 7 nitrogen and oxygen atoms in total. The summed E-state index contributed by atoms with van der Waals surface area (Å²) in [6.45, 7) is 4.61. The monoisotopic (exact) mass is 371 g/mol. The van der Waals surface area contributed by atoms with Crippen LogP contribution in [-0.2, 0) is 11.4 Å². The number of piperidine rings is 1. The van der Waals surface area contributed by atoms with Crippen molar-refractivity contribution < 1.29 is 18.8 Å². The van der Waals surface area contributed by atoms with E-state index in [-0.39, 0.29) is 11.8 Å². The Labute approximate surface area is 158 Å². The molecule has 1 saturated heterocycles. The number of nitrogens with one attached hydrogen (secondary N) is 1. The third-order valence-corrected chi connectivity index (χ3v) is 4.96. The lowest BCUT2D eigenvalue weighted by Gasteiger charge is -2.34. The van der Waals surface area contributed by atoms with E-state index in [1.165, 1.54) is 0 Å². The Kier molecular flexibility index (Phi) is 5.78. The predicted molar refractivity (Wildman–Crippen MR) is 99.5 cm³/mol. The van der Waals surface area contributed by atoms with Crippen molar-refractivity contribution in [3.05, 3.63) is 46.8 Å². The fraction of sp³-hybridized carbons (Fsp3) is 0.450. The van der Waals surface area contributed by atoms with E-state index in [0.717, 1.165) is 29.9 Å². The first-order valence-corrected chi connectivity index (χ1v) is 9.18. The predicted octanol–water partition coefficient (Wildman–Crippen LogP) is 2.61. The summed E-state index contributed by atoms with van der Waals surface area (Å²) >= 11 is 0. The molecule has 2 aromatic rings. The second-order valence-electron chi connectivity index (χ2n) is 6.74. The zero-order valence-corrected chi connectivity index (χ0v) is 15.9. The Hall–Kier alpha value is -2.83. The first-order valence-electron chi connectivity index (χ1n) is 9.18. The van der Waals surface area contributed by atoms with Crippen LogP contribution in [0.25, 0.3) is 0 Å². The fourth-order valence-corrected chi connectivity index (χ4v) is 3.36. The van der Waals surface area contributed by atoms with Crippen LogP contribution in [0, 0.1) is 13.8 Å². The van der Waals surface area contributed by atoms with Crippen LogP contribution in [0.2, 0.25) is 0 Å². The summed E-state index contributed by atoms with van der Waals surface area (Å²) in [6, 6.07) is 6.65. The van der Waals surface area contributed by atoms with Gasteiger partial charge in [-0.25, -0.2) is 0 Å². The Bertz CT molecular complexity index is 811. The Morgan fingerprint density at radius 3 is 2.85 bits per heavy atom. The van der Waals surface area contributed by atoms with Crippen molar-refractivity contribution in [2.24, 2.45) is 0 Å². The number of aryl methyl sites for hydroxylation is 2. The van der Waals surface area contributed by atoms with Crippen molar-refractivity contribution in [2.75, 3.05) is 13.6 Å². The Morgan fingerprint density at radius 1 is 1.33 bits per heavy atom. The van der Waals surface area contributed by atoms with Gasteiger partial charge in [0, 0.05) is 19.2 Å². The fourth-order valence-electron chi connectivity index (χ4n) is 3.36. The van der Waals surface area contributed by atoms with Crippen molar-refractivity contribution in [3.63, 3.8) is 0 Å². The third kappa shape index (κ3) is 4.13. The van der Waals surface area contributed by atoms with Crippen LogP contribution in [0.3, 0.4) is 0 Å². The third-order valence-electron chi connectivity index (χ3n) is 4.96. The quantitative estimate of drug-likeness (QED) is 0.873. The molecule has 1 N–H and O–H groups in total. The average Bonchev–Trinajstić information content (AvgIpc) is 3.03. The SMILES string of the molecule is CNC(=O)C1CCCCN1C(=O)c1cccc(OCc2c(C)noc2C)c1. The summed E-state index contributed by atoms with van der Waals surface area (Å²) in [7, 11) is 1.60. The number of amides is 2. The molecule has 0 spiro atoms. The number of rotatable bonds is 5. The molecule has 1 atom stereocenters. The van der Waals surface area contributed by atoms with Gasteiger partial charge in [0.15, 0.2) is 0 Å². The van der Waals surface area contributed by atoms with Gasteiger partial charge in [0.2, 0.25) is 5.91 Å². The first-order chi connectivity index (χ1) is 13.0. The lowest BCUT2D eigenvalue weighted by atomic mass is 10.00. The van der Waals surface area contributed by atoms with E-state index in [1.54, 1.807) is 36.2 Å². The van der Waals surface area contributed by atoms with E-state index in [2.05, 4.69) is 10.5 Å². The topological polar surface area (TPSA) is 84.7 Å². The largest absolute Gasteiger partial charge is 0.489 e. The van der Waals surface area contributed by atoms with Crippen molar-refractivity contribution in [2.45, 2.75) is 45.8 Å². The number of carbonyl (C=O) groups excluding carboxylic acids is 2. The Balaban J connectivity index is 1.74. The number of nitrogens with zero attached hydrogens (tertiary/aromatic N) is 2. The van der Waals surface area contributed by atoms with Crippen molar-refractivity contribution in [3.8, 4) is 5.75 Å². The molecule has 1 aliphatic heterocycles. The van der Waals surface area contributed by atoms with Crippen LogP contribution in [0.15, 0.2) is 28.8 Å². The smallest absolute Gasteiger partial charge is 0.254 e. The number of ether oxygens (including phenoxy) is 1. The number of hydrogen-bond acceptors (Lipinski definition) is 5. The van der Waals surface area contributed by atoms with Gasteiger partial charge in [0.05, 0.1) is 11.3 Å². The van der Waals surface area contributed by atoms with Crippen LogP contribution in [-0.4, -0.2) is 41.5 Å². The molecule has 1 aromatic carbocycles. The number of aromatic nitrogens is 1. The zero-order chi connectivity index (χ0) is 19.4. The highest BCUT2D eigenvalue weighted by molar-refractivity contribution is 5.98. The van der Waals surface area contributed by atoms with Gasteiger partial charge in [0.25, 0.3) is 5.91 Å². The minimum atomic E-state index is -0.414. The van der Waals surface area contributed by atoms with Crippen molar-refractivity contribution in [1.82, 2.24) is 15.4 Å². The first kappa shape index (κ1) is 18.9. The lowest BCUT2D eigenvalue weighted by Crippen LogP contribution is -2.51. The second kappa shape index (κ2) is 8.24. The summed E-state index contributed by atoms with van der Waals surface area (Å²) in [5, 5.41) is 6.57. The van der Waals surface area contributed by atoms with Crippen LogP contribution in [0.5, 0.6) is 5.75 Å². The molecular weight excluding hydrogens is 346 g/mol. The minimum Gasteiger partial charge on any atom is -0.489 e. The molecule has 1 aromatic heterocycles. The molecule has 1 unspecified atom stereocenters. The minimum absolute atomic E-state index is 0.117. The molecule has 2 amide bonds. The van der Waals surface area contributed by atoms with Gasteiger partial charge in [-0.1, -0.05) is 11.2 Å². The van der Waals surface area contributed by atoms with E-state index in [0.29, 0.717) is 30.9 Å². The highest BCUT2D eigenvalue weighted by atomic mass is 16.5. The molecule has 7 heteroatoms. The molecule has 0 aliphatic carbocycles. The lowest BCUT2D eigenvalue weighted by molar-refractivity contribution is -0.126. The summed E-state index contributed by atoms with van der Waals surface area (Å²) in [4.78, 5) is 26.8. The molecule has 3 rings (SSSR count). The average molecular weight is 371 g/mol. The number of hydrogen-bond donors (Lipinski definition) is 1. The highest BCUT2D eigenvalue weighted by Gasteiger charge is 2.32. The summed E-state index contributed by atoms with van der Waals surface area (Å²) < 4.78 is 11.0. The molecule has 2 heterocycles. The molecule has 0 saturated carbocycles. The number of carbonyl (C=O) groups is 2. The highest BCUT2D eigenvalue weighted by Crippen LogP contribution is 2.23. The summed E-state index contributed by atoms with van der Waals surface area (Å²) in [6.07, 6.45) is 2.54. The van der Waals surface area contributed by atoms with Crippen LogP contribution in [0.4, 0.5) is 0 Å². The van der Waals surface area contributed by atoms with Crippen molar-refractivity contribution in [1.29, 1.82) is 0 Å². The van der Waals surface area contributed by atoms with Gasteiger partial charge in [-0.15, -0.1) is 0 Å². The molecule has 1 fully saturated rings. The maximum absolute atomic E-state index is 13.0. The maximum Gasteiger partial charge on any atom is 0.254 e. The van der Waals surface area contributed by atoms with Crippen molar-refractivity contribution >= 4 is 11.8 Å². The number of likely N-dealkylation sites (tertiary alicyclic amines) is 1. The summed E-state index contributed by atoms with van der Waals surface area (Å²) in [5.74, 6) is 1.05. The standard InChI is InChI=1S/C20H25N3O4/c1-13-17(14(2)27-22-13)12-26-16-8-6-7-15(11-16)20(25)23-10-5-4-9-18(23)19(24)21-3/h6-8,11,18H,4-5,9-10,12H2,1-3H3,(H,21,24). The molecule has 144 valence electrons. The summed E-state index contributed by atoms with van der Waals surface area (Å²) in [5.41, 5.74) is 2.21. The zero-order valence-electron chi connectivity index (χ0n) is 15.9. The molecule has 0 radical (unpaired) electrons. The van der Waals surface area contributed by atoms with E-state index in [1.807, 2.05) is 13.8 Å². The van der Waals surface area contributed by atoms with E-state index in [9.17, 15) is 9.59 Å². The molecule has 0 bridgehead atoms. The van der Waals surface area contributed by atoms with E-state index >= 15 is 0 Å². The van der Waals surface area contributed by atoms with E-state index < -0.39 is 6.04 Å². The van der Waals surface area contributed by atoms with Gasteiger partial charge in [-0.2, -0.15) is 0 Å². The number of likely N-dealkylation sites (N-methyl/N-ethyl adjacent to an activating group) is 1. The maximum atomic E-state index is 13.0. The molecule has 27 heavy (non-hydrogen) atoms. The van der Waals surface area contributed by atoms with Gasteiger partial charge in [-0.05, 0) is 51.3 Å². The van der Waals surface area contributed by atoms with Crippen LogP contribution < -0.4 is 10.1 Å². The molecule has 1 aliphatic rings. The van der Waals surface area contributed by atoms with Crippen LogP contribution in [0.1, 0.15) is 46.6 Å². The molecular formula is C20H25N3O4. The number of benzene rings is 1. The second-order valence-corrected chi connectivity index (χ2v) is 6.74. The van der Waals surface area contributed by atoms with Gasteiger partial charge in [-0.3, -0.25) is 9.59 Å².